The van der Waals surface area contributed by atoms with Crippen LogP contribution in [0, 0.1) is 0 Å². The van der Waals surface area contributed by atoms with Crippen LogP contribution in [0.25, 0.3) is 0 Å². The van der Waals surface area contributed by atoms with Crippen molar-refractivity contribution in [3.05, 3.63) is 22.7 Å². The van der Waals surface area contributed by atoms with Crippen molar-refractivity contribution in [2.75, 3.05) is 18.3 Å². The van der Waals surface area contributed by atoms with E-state index in [2.05, 4.69) is 5.32 Å². The van der Waals surface area contributed by atoms with Crippen LogP contribution in [0.3, 0.4) is 0 Å². The molecule has 0 radical (unpaired) electrons. The molecule has 24 heavy (non-hydrogen) atoms. The third-order valence-electron chi connectivity index (χ3n) is 3.94. The summed E-state index contributed by atoms with van der Waals surface area (Å²) in [6.07, 6.45) is 0.489. The van der Waals surface area contributed by atoms with E-state index in [1.54, 1.807) is 13.0 Å². The van der Waals surface area contributed by atoms with Crippen molar-refractivity contribution < 1.29 is 22.7 Å². The first-order chi connectivity index (χ1) is 11.3. The zero-order valence-corrected chi connectivity index (χ0v) is 15.5. The van der Waals surface area contributed by atoms with Crippen molar-refractivity contribution in [1.82, 2.24) is 5.32 Å². The minimum absolute atomic E-state index is 0.0356. The number of fused-ring (bicyclic) bond motifs is 1. The third-order valence-corrected chi connectivity index (χ3v) is 7.20. The number of sulfone groups is 1. The van der Waals surface area contributed by atoms with Gasteiger partial charge in [0.25, 0.3) is 0 Å². The number of ether oxygens (including phenoxy) is 2. The SMILES string of the molecule is C[C@@H](SCc1cc(Cl)c2c(c1)OCO2)C(=O)N[C@H]1CCS(=O)(=O)C1. The predicted octanol–water partition coefficient (Wildman–Crippen LogP) is 1.99. The van der Waals surface area contributed by atoms with E-state index in [0.717, 1.165) is 5.56 Å². The van der Waals surface area contributed by atoms with Gasteiger partial charge in [-0.3, -0.25) is 4.79 Å². The molecule has 0 aromatic heterocycles. The van der Waals surface area contributed by atoms with E-state index in [0.29, 0.717) is 28.7 Å². The normalized spacial score (nSPS) is 22.3. The monoisotopic (exact) mass is 391 g/mol. The van der Waals surface area contributed by atoms with Gasteiger partial charge in [0.1, 0.15) is 0 Å². The topological polar surface area (TPSA) is 81.7 Å². The first-order valence-electron chi connectivity index (χ1n) is 7.54. The molecule has 0 saturated carbocycles. The molecule has 132 valence electrons. The van der Waals surface area contributed by atoms with E-state index in [4.69, 9.17) is 21.1 Å². The number of thioether (sulfide) groups is 1. The summed E-state index contributed by atoms with van der Waals surface area (Å²) in [6, 6.07) is 3.39. The highest BCUT2D eigenvalue weighted by Gasteiger charge is 2.30. The van der Waals surface area contributed by atoms with Crippen LogP contribution in [0.2, 0.25) is 5.02 Å². The van der Waals surface area contributed by atoms with E-state index < -0.39 is 9.84 Å². The van der Waals surface area contributed by atoms with Crippen LogP contribution < -0.4 is 14.8 Å². The number of nitrogens with one attached hydrogen (secondary N) is 1. The van der Waals surface area contributed by atoms with E-state index in [9.17, 15) is 13.2 Å². The van der Waals surface area contributed by atoms with Gasteiger partial charge >= 0.3 is 0 Å². The molecular weight excluding hydrogens is 374 g/mol. The average Bonchev–Trinajstić information content (AvgIpc) is 3.11. The van der Waals surface area contributed by atoms with E-state index in [-0.39, 0.29) is 35.5 Å². The lowest BCUT2D eigenvalue weighted by Gasteiger charge is -2.16. The predicted molar refractivity (Wildman–Crippen MR) is 93.5 cm³/mol. The van der Waals surface area contributed by atoms with Crippen LogP contribution in [0.5, 0.6) is 11.5 Å². The highest BCUT2D eigenvalue weighted by Crippen LogP contribution is 2.40. The summed E-state index contributed by atoms with van der Waals surface area (Å²) in [7, 11) is -2.99. The summed E-state index contributed by atoms with van der Waals surface area (Å²) in [4.78, 5) is 12.2. The summed E-state index contributed by atoms with van der Waals surface area (Å²) in [5.41, 5.74) is 0.942. The molecular formula is C15H18ClNO5S2. The molecule has 1 aromatic rings. The average molecular weight is 392 g/mol. The molecule has 0 bridgehead atoms. The summed E-state index contributed by atoms with van der Waals surface area (Å²) in [5.74, 6) is 1.80. The van der Waals surface area contributed by atoms with Gasteiger partial charge in [0.05, 0.1) is 21.8 Å². The Hall–Kier alpha value is -1.12. The molecule has 9 heteroatoms. The standard InChI is InChI=1S/C15H18ClNO5S2/c1-9(15(18)17-11-2-3-24(19,20)7-11)23-6-10-4-12(16)14-13(5-10)21-8-22-14/h4-5,9,11H,2-3,6-8H2,1H3,(H,17,18)/t9-,11+/m1/s1. The molecule has 1 fully saturated rings. The molecule has 1 amide bonds. The second-order valence-electron chi connectivity index (χ2n) is 5.87. The summed E-state index contributed by atoms with van der Waals surface area (Å²) >= 11 is 7.60. The van der Waals surface area contributed by atoms with E-state index >= 15 is 0 Å². The maximum absolute atomic E-state index is 12.2. The third kappa shape index (κ3) is 4.10. The molecule has 2 aliphatic rings. The number of carbonyl (C=O) groups is 1. The number of carbonyl (C=O) groups excluding carboxylic acids is 1. The molecule has 2 atom stereocenters. The highest BCUT2D eigenvalue weighted by molar-refractivity contribution is 7.99. The Morgan fingerprint density at radius 2 is 2.25 bits per heavy atom. The minimum atomic E-state index is -2.99. The second-order valence-corrected chi connectivity index (χ2v) is 9.84. The Morgan fingerprint density at radius 1 is 1.46 bits per heavy atom. The van der Waals surface area contributed by atoms with Gasteiger partial charge in [-0.1, -0.05) is 11.6 Å². The van der Waals surface area contributed by atoms with Crippen molar-refractivity contribution in [3.8, 4) is 11.5 Å². The van der Waals surface area contributed by atoms with Gasteiger partial charge in [0.2, 0.25) is 12.7 Å². The maximum Gasteiger partial charge on any atom is 0.233 e. The first-order valence-corrected chi connectivity index (χ1v) is 10.8. The Labute approximate surface area is 150 Å². The van der Waals surface area contributed by atoms with Gasteiger partial charge in [0, 0.05) is 11.8 Å². The zero-order chi connectivity index (χ0) is 17.3. The highest BCUT2D eigenvalue weighted by atomic mass is 35.5. The van der Waals surface area contributed by atoms with Crippen LogP contribution >= 0.6 is 23.4 Å². The Kier molecular flexibility index (Phi) is 5.17. The van der Waals surface area contributed by atoms with Crippen molar-refractivity contribution in [3.63, 3.8) is 0 Å². The number of hydrogen-bond acceptors (Lipinski definition) is 6. The van der Waals surface area contributed by atoms with E-state index in [1.165, 1.54) is 11.8 Å². The maximum atomic E-state index is 12.2. The lowest BCUT2D eigenvalue weighted by Crippen LogP contribution is -2.40. The van der Waals surface area contributed by atoms with Crippen LogP contribution in [0.1, 0.15) is 18.9 Å². The van der Waals surface area contributed by atoms with Gasteiger partial charge < -0.3 is 14.8 Å². The molecule has 1 saturated heterocycles. The molecule has 6 nitrogen and oxygen atoms in total. The molecule has 3 rings (SSSR count). The second kappa shape index (κ2) is 7.01. The van der Waals surface area contributed by atoms with Gasteiger partial charge in [-0.2, -0.15) is 0 Å². The molecule has 0 unspecified atom stereocenters. The van der Waals surface area contributed by atoms with Gasteiger partial charge in [-0.25, -0.2) is 8.42 Å². The lowest BCUT2D eigenvalue weighted by atomic mass is 10.2. The van der Waals surface area contributed by atoms with Gasteiger partial charge in [0.15, 0.2) is 21.3 Å². The number of benzene rings is 1. The molecule has 2 aliphatic heterocycles. The Morgan fingerprint density at radius 3 is 2.96 bits per heavy atom. The lowest BCUT2D eigenvalue weighted by molar-refractivity contribution is -0.120. The van der Waals surface area contributed by atoms with Crippen LogP contribution in [-0.2, 0) is 20.4 Å². The van der Waals surface area contributed by atoms with Crippen LogP contribution in [0.4, 0.5) is 0 Å². The summed E-state index contributed by atoms with van der Waals surface area (Å²) < 4.78 is 33.5. The molecule has 1 N–H and O–H groups in total. The molecule has 1 aromatic carbocycles. The number of amides is 1. The summed E-state index contributed by atoms with van der Waals surface area (Å²) in [5, 5.41) is 3.01. The largest absolute Gasteiger partial charge is 0.454 e. The van der Waals surface area contributed by atoms with Crippen molar-refractivity contribution in [2.45, 2.75) is 30.4 Å². The number of halogens is 1. The quantitative estimate of drug-likeness (QED) is 0.826. The number of rotatable bonds is 5. The van der Waals surface area contributed by atoms with Crippen LogP contribution in [-0.4, -0.2) is 43.9 Å². The minimum Gasteiger partial charge on any atom is -0.454 e. The fourth-order valence-corrected chi connectivity index (χ4v) is 5.42. The van der Waals surface area contributed by atoms with Crippen LogP contribution in [0.15, 0.2) is 12.1 Å². The zero-order valence-electron chi connectivity index (χ0n) is 13.1. The fraction of sp³-hybridized carbons (Fsp3) is 0.533. The summed E-state index contributed by atoms with van der Waals surface area (Å²) in [6.45, 7) is 1.97. The van der Waals surface area contributed by atoms with Crippen molar-refractivity contribution in [2.24, 2.45) is 0 Å². The molecule has 0 aliphatic carbocycles. The smallest absolute Gasteiger partial charge is 0.233 e. The van der Waals surface area contributed by atoms with E-state index in [1.807, 2.05) is 6.07 Å². The fourth-order valence-electron chi connectivity index (χ4n) is 2.63. The first kappa shape index (κ1) is 17.7. The Balaban J connectivity index is 1.53. The molecule has 0 spiro atoms. The molecule has 2 heterocycles. The van der Waals surface area contributed by atoms with Gasteiger partial charge in [-0.05, 0) is 31.0 Å². The Bertz CT molecular complexity index is 752. The van der Waals surface area contributed by atoms with Crippen molar-refractivity contribution >= 4 is 39.1 Å². The van der Waals surface area contributed by atoms with Crippen molar-refractivity contribution in [1.29, 1.82) is 0 Å². The van der Waals surface area contributed by atoms with Gasteiger partial charge in [-0.15, -0.1) is 11.8 Å². The number of hydrogen-bond donors (Lipinski definition) is 1.